The monoisotopic (exact) mass is 280 g/mol. The summed E-state index contributed by atoms with van der Waals surface area (Å²) in [6, 6.07) is 6.24. The Hall–Kier alpha value is -2.24. The van der Waals surface area contributed by atoms with Crippen molar-refractivity contribution in [3.63, 3.8) is 0 Å². The fourth-order valence-corrected chi connectivity index (χ4v) is 1.70. The zero-order valence-electron chi connectivity index (χ0n) is 11.7. The molecule has 0 aliphatic heterocycles. The van der Waals surface area contributed by atoms with Gasteiger partial charge in [0.2, 0.25) is 0 Å². The van der Waals surface area contributed by atoms with Crippen molar-refractivity contribution >= 4 is 17.7 Å². The molecule has 0 saturated heterocycles. The number of urea groups is 1. The molecule has 6 heteroatoms. The average Bonchev–Trinajstić information content (AvgIpc) is 2.40. The maximum absolute atomic E-state index is 11.8. The predicted octanol–water partition coefficient (Wildman–Crippen LogP) is 2.46. The Bertz CT molecular complexity index is 462. The van der Waals surface area contributed by atoms with Gasteiger partial charge in [0.15, 0.2) is 0 Å². The molecule has 0 bridgehead atoms. The van der Waals surface area contributed by atoms with Crippen LogP contribution in [0, 0.1) is 0 Å². The second-order valence-electron chi connectivity index (χ2n) is 4.23. The summed E-state index contributed by atoms with van der Waals surface area (Å²) in [6.45, 7) is 4.18. The highest BCUT2D eigenvalue weighted by Gasteiger charge is 2.15. The van der Waals surface area contributed by atoms with Gasteiger partial charge in [-0.15, -0.1) is 0 Å². The van der Waals surface area contributed by atoms with Crippen molar-refractivity contribution in [1.82, 2.24) is 5.32 Å². The van der Waals surface area contributed by atoms with Crippen molar-refractivity contribution in [2.75, 3.05) is 11.9 Å². The second kappa shape index (κ2) is 8.04. The molecule has 3 N–H and O–H groups in total. The molecule has 110 valence electrons. The summed E-state index contributed by atoms with van der Waals surface area (Å²) in [4.78, 5) is 22.5. The van der Waals surface area contributed by atoms with E-state index < -0.39 is 18.0 Å². The average molecular weight is 280 g/mol. The molecule has 0 heterocycles. The van der Waals surface area contributed by atoms with Gasteiger partial charge in [-0.25, -0.2) is 4.79 Å². The normalized spacial score (nSPS) is 11.5. The first-order chi connectivity index (χ1) is 9.56. The van der Waals surface area contributed by atoms with Gasteiger partial charge in [0.05, 0.1) is 18.7 Å². The highest BCUT2D eigenvalue weighted by Crippen LogP contribution is 2.23. The van der Waals surface area contributed by atoms with Gasteiger partial charge < -0.3 is 20.5 Å². The van der Waals surface area contributed by atoms with Crippen molar-refractivity contribution in [3.05, 3.63) is 24.3 Å². The molecule has 6 nitrogen and oxygen atoms in total. The van der Waals surface area contributed by atoms with Crippen LogP contribution in [-0.4, -0.2) is 29.8 Å². The molecular weight excluding hydrogens is 260 g/mol. The lowest BCUT2D eigenvalue weighted by atomic mass is 10.1. The summed E-state index contributed by atoms with van der Waals surface area (Å²) in [7, 11) is 0. The number of ether oxygens (including phenoxy) is 1. The van der Waals surface area contributed by atoms with Crippen molar-refractivity contribution in [1.29, 1.82) is 0 Å². The number of carboxylic acids is 1. The highest BCUT2D eigenvalue weighted by molar-refractivity contribution is 5.91. The SMILES string of the molecule is CCOc1ccccc1NC(=O)NC(CC)CC(=O)O. The maximum atomic E-state index is 11.8. The van der Waals surface area contributed by atoms with E-state index in [1.54, 1.807) is 18.2 Å². The number of para-hydroxylation sites is 2. The Kier molecular flexibility index (Phi) is 6.36. The van der Waals surface area contributed by atoms with Gasteiger partial charge in [0.1, 0.15) is 5.75 Å². The van der Waals surface area contributed by atoms with Gasteiger partial charge in [-0.1, -0.05) is 19.1 Å². The van der Waals surface area contributed by atoms with E-state index in [9.17, 15) is 9.59 Å². The number of hydrogen-bond donors (Lipinski definition) is 3. The molecule has 1 atom stereocenters. The lowest BCUT2D eigenvalue weighted by Gasteiger charge is -2.16. The number of amides is 2. The number of carbonyl (C=O) groups is 2. The zero-order chi connectivity index (χ0) is 15.0. The molecule has 1 unspecified atom stereocenters. The number of carbonyl (C=O) groups excluding carboxylic acids is 1. The molecule has 0 saturated carbocycles. The van der Waals surface area contributed by atoms with Crippen LogP contribution in [0.3, 0.4) is 0 Å². The van der Waals surface area contributed by atoms with E-state index in [4.69, 9.17) is 9.84 Å². The van der Waals surface area contributed by atoms with E-state index in [1.165, 1.54) is 0 Å². The molecule has 0 aromatic heterocycles. The Morgan fingerprint density at radius 2 is 2.00 bits per heavy atom. The van der Waals surface area contributed by atoms with Crippen LogP contribution in [0.4, 0.5) is 10.5 Å². The maximum Gasteiger partial charge on any atom is 0.319 e. The number of rotatable bonds is 7. The quantitative estimate of drug-likeness (QED) is 0.716. The van der Waals surface area contributed by atoms with E-state index in [-0.39, 0.29) is 6.42 Å². The molecule has 20 heavy (non-hydrogen) atoms. The van der Waals surface area contributed by atoms with Crippen LogP contribution in [0.25, 0.3) is 0 Å². The van der Waals surface area contributed by atoms with E-state index in [0.717, 1.165) is 0 Å². The molecular formula is C14H20N2O4. The summed E-state index contributed by atoms with van der Waals surface area (Å²) < 4.78 is 5.40. The van der Waals surface area contributed by atoms with E-state index >= 15 is 0 Å². The Morgan fingerprint density at radius 3 is 2.60 bits per heavy atom. The molecule has 1 aromatic carbocycles. The second-order valence-corrected chi connectivity index (χ2v) is 4.23. The lowest BCUT2D eigenvalue weighted by Crippen LogP contribution is -2.38. The van der Waals surface area contributed by atoms with Gasteiger partial charge in [0, 0.05) is 6.04 Å². The number of carboxylic acid groups (broad SMARTS) is 1. The molecule has 1 aromatic rings. The Balaban J connectivity index is 2.63. The minimum atomic E-state index is -0.938. The minimum absolute atomic E-state index is 0.100. The zero-order valence-corrected chi connectivity index (χ0v) is 11.7. The number of nitrogens with one attached hydrogen (secondary N) is 2. The fourth-order valence-electron chi connectivity index (χ4n) is 1.70. The Morgan fingerprint density at radius 1 is 1.30 bits per heavy atom. The molecule has 0 spiro atoms. The minimum Gasteiger partial charge on any atom is -0.492 e. The summed E-state index contributed by atoms with van der Waals surface area (Å²) >= 11 is 0. The third-order valence-electron chi connectivity index (χ3n) is 2.68. The van der Waals surface area contributed by atoms with Crippen LogP contribution < -0.4 is 15.4 Å². The summed E-state index contributed by atoms with van der Waals surface area (Å²) in [5.74, 6) is -0.358. The van der Waals surface area contributed by atoms with Crippen molar-refractivity contribution < 1.29 is 19.4 Å². The fraction of sp³-hybridized carbons (Fsp3) is 0.429. The van der Waals surface area contributed by atoms with Gasteiger partial charge in [-0.05, 0) is 25.5 Å². The molecule has 0 aliphatic rings. The topological polar surface area (TPSA) is 87.7 Å². The number of anilines is 1. The van der Waals surface area contributed by atoms with Crippen molar-refractivity contribution in [3.8, 4) is 5.75 Å². The van der Waals surface area contributed by atoms with Gasteiger partial charge >= 0.3 is 12.0 Å². The molecule has 1 rings (SSSR count). The van der Waals surface area contributed by atoms with E-state index in [1.807, 2.05) is 19.9 Å². The number of benzene rings is 1. The Labute approximate surface area is 118 Å². The largest absolute Gasteiger partial charge is 0.492 e. The van der Waals surface area contributed by atoms with E-state index in [0.29, 0.717) is 24.5 Å². The van der Waals surface area contributed by atoms with Crippen molar-refractivity contribution in [2.24, 2.45) is 0 Å². The first kappa shape index (κ1) is 15.8. The van der Waals surface area contributed by atoms with Crippen LogP contribution >= 0.6 is 0 Å². The smallest absolute Gasteiger partial charge is 0.319 e. The number of hydrogen-bond acceptors (Lipinski definition) is 3. The van der Waals surface area contributed by atoms with Crippen LogP contribution in [0.5, 0.6) is 5.75 Å². The number of aliphatic carboxylic acids is 1. The first-order valence-electron chi connectivity index (χ1n) is 6.57. The van der Waals surface area contributed by atoms with Crippen LogP contribution in [0.1, 0.15) is 26.7 Å². The third kappa shape index (κ3) is 5.17. The standard InChI is InChI=1S/C14H20N2O4/c1-3-10(9-13(17)18)15-14(19)16-11-7-5-6-8-12(11)20-4-2/h5-8,10H,3-4,9H2,1-2H3,(H,17,18)(H2,15,16,19). The molecule has 0 radical (unpaired) electrons. The van der Waals surface area contributed by atoms with Crippen LogP contribution in [0.2, 0.25) is 0 Å². The first-order valence-corrected chi connectivity index (χ1v) is 6.57. The summed E-state index contributed by atoms with van der Waals surface area (Å²) in [5.41, 5.74) is 0.553. The van der Waals surface area contributed by atoms with E-state index in [2.05, 4.69) is 10.6 Å². The van der Waals surface area contributed by atoms with Crippen LogP contribution in [0.15, 0.2) is 24.3 Å². The van der Waals surface area contributed by atoms with Gasteiger partial charge in [-0.2, -0.15) is 0 Å². The molecule has 2 amide bonds. The van der Waals surface area contributed by atoms with Crippen molar-refractivity contribution in [2.45, 2.75) is 32.7 Å². The molecule has 0 fully saturated rings. The molecule has 0 aliphatic carbocycles. The predicted molar refractivity (Wildman–Crippen MR) is 76.1 cm³/mol. The van der Waals surface area contributed by atoms with Crippen LogP contribution in [-0.2, 0) is 4.79 Å². The third-order valence-corrected chi connectivity index (χ3v) is 2.68. The van der Waals surface area contributed by atoms with Gasteiger partial charge in [-0.3, -0.25) is 4.79 Å². The highest BCUT2D eigenvalue weighted by atomic mass is 16.5. The summed E-state index contributed by atoms with van der Waals surface area (Å²) in [5, 5.41) is 14.0. The van der Waals surface area contributed by atoms with Gasteiger partial charge in [0.25, 0.3) is 0 Å². The lowest BCUT2D eigenvalue weighted by molar-refractivity contribution is -0.137. The summed E-state index contributed by atoms with van der Waals surface area (Å²) in [6.07, 6.45) is 0.448.